The Bertz CT molecular complexity index is 234. The molecule has 0 amide bonds. The van der Waals surface area contributed by atoms with E-state index in [4.69, 9.17) is 4.74 Å². The maximum atomic E-state index is 9.72. The minimum Gasteiger partial charge on any atom is -0.396 e. The van der Waals surface area contributed by atoms with Crippen LogP contribution in [0.15, 0.2) is 0 Å². The number of ether oxygens (including phenoxy) is 1. The van der Waals surface area contributed by atoms with Gasteiger partial charge in [0.05, 0.1) is 6.61 Å². The summed E-state index contributed by atoms with van der Waals surface area (Å²) >= 11 is 0. The molecule has 106 valence electrons. The van der Waals surface area contributed by atoms with Gasteiger partial charge < -0.3 is 19.6 Å². The standard InChI is InChI=1S/C14H28N2O2/c1-2-5-15-6-8-16(9-7-15)12-14(13-17)3-10-18-11-4-14/h17H,2-13H2,1H3. The number of piperazine rings is 1. The van der Waals surface area contributed by atoms with E-state index >= 15 is 0 Å². The summed E-state index contributed by atoms with van der Waals surface area (Å²) in [6, 6.07) is 0. The van der Waals surface area contributed by atoms with Crippen LogP contribution in [0, 0.1) is 5.41 Å². The fourth-order valence-corrected chi connectivity index (χ4v) is 3.13. The number of hydrogen-bond donors (Lipinski definition) is 1. The van der Waals surface area contributed by atoms with Crippen molar-refractivity contribution in [2.75, 3.05) is 59.1 Å². The Kier molecular flexibility index (Phi) is 5.42. The van der Waals surface area contributed by atoms with Crippen LogP contribution in [0.2, 0.25) is 0 Å². The van der Waals surface area contributed by atoms with Gasteiger partial charge in [-0.3, -0.25) is 0 Å². The molecule has 2 heterocycles. The zero-order chi connectivity index (χ0) is 12.8. The highest BCUT2D eigenvalue weighted by Crippen LogP contribution is 2.31. The molecule has 2 aliphatic rings. The molecule has 0 unspecified atom stereocenters. The summed E-state index contributed by atoms with van der Waals surface area (Å²) in [5, 5.41) is 9.72. The Morgan fingerprint density at radius 1 is 1.06 bits per heavy atom. The van der Waals surface area contributed by atoms with E-state index in [1.165, 1.54) is 26.1 Å². The molecule has 18 heavy (non-hydrogen) atoms. The molecule has 2 rings (SSSR count). The summed E-state index contributed by atoms with van der Waals surface area (Å²) in [4.78, 5) is 5.08. The Balaban J connectivity index is 1.79. The third-order valence-corrected chi connectivity index (χ3v) is 4.45. The van der Waals surface area contributed by atoms with Crippen molar-refractivity contribution >= 4 is 0 Å². The van der Waals surface area contributed by atoms with Gasteiger partial charge in [0.25, 0.3) is 0 Å². The van der Waals surface area contributed by atoms with Crippen molar-refractivity contribution in [3.8, 4) is 0 Å². The molecule has 2 aliphatic heterocycles. The van der Waals surface area contributed by atoms with E-state index < -0.39 is 0 Å². The molecule has 0 saturated carbocycles. The van der Waals surface area contributed by atoms with Crippen LogP contribution in [0.5, 0.6) is 0 Å². The minimum atomic E-state index is 0.102. The highest BCUT2D eigenvalue weighted by atomic mass is 16.5. The molecule has 0 aromatic heterocycles. The topological polar surface area (TPSA) is 35.9 Å². The maximum absolute atomic E-state index is 9.72. The van der Waals surface area contributed by atoms with Crippen molar-refractivity contribution in [1.29, 1.82) is 0 Å². The molecule has 0 spiro atoms. The third-order valence-electron chi connectivity index (χ3n) is 4.45. The molecule has 0 aliphatic carbocycles. The average molecular weight is 256 g/mol. The quantitative estimate of drug-likeness (QED) is 0.789. The first-order chi connectivity index (χ1) is 8.78. The van der Waals surface area contributed by atoms with Crippen LogP contribution < -0.4 is 0 Å². The largest absolute Gasteiger partial charge is 0.396 e. The molecule has 2 fully saturated rings. The highest BCUT2D eigenvalue weighted by Gasteiger charge is 2.34. The predicted molar refractivity (Wildman–Crippen MR) is 72.7 cm³/mol. The second kappa shape index (κ2) is 6.85. The normalized spacial score (nSPS) is 26.3. The molecule has 0 atom stereocenters. The number of hydrogen-bond acceptors (Lipinski definition) is 4. The third kappa shape index (κ3) is 3.67. The van der Waals surface area contributed by atoms with Gasteiger partial charge in [0.2, 0.25) is 0 Å². The van der Waals surface area contributed by atoms with Gasteiger partial charge in [-0.25, -0.2) is 0 Å². The monoisotopic (exact) mass is 256 g/mol. The second-order valence-electron chi connectivity index (χ2n) is 5.89. The van der Waals surface area contributed by atoms with E-state index in [0.29, 0.717) is 6.61 Å². The van der Waals surface area contributed by atoms with Gasteiger partial charge >= 0.3 is 0 Å². The lowest BCUT2D eigenvalue weighted by molar-refractivity contribution is -0.0403. The van der Waals surface area contributed by atoms with Crippen molar-refractivity contribution in [2.45, 2.75) is 26.2 Å². The van der Waals surface area contributed by atoms with E-state index in [1.54, 1.807) is 0 Å². The van der Waals surface area contributed by atoms with E-state index in [-0.39, 0.29) is 5.41 Å². The zero-order valence-corrected chi connectivity index (χ0v) is 11.7. The number of aliphatic hydroxyl groups excluding tert-OH is 1. The predicted octanol–water partition coefficient (Wildman–Crippen LogP) is 0.803. The van der Waals surface area contributed by atoms with E-state index in [1.807, 2.05) is 0 Å². The minimum absolute atomic E-state index is 0.102. The average Bonchev–Trinajstić information content (AvgIpc) is 2.42. The highest BCUT2D eigenvalue weighted by molar-refractivity contribution is 4.86. The lowest BCUT2D eigenvalue weighted by atomic mass is 9.80. The van der Waals surface area contributed by atoms with E-state index in [2.05, 4.69) is 16.7 Å². The fraction of sp³-hybridized carbons (Fsp3) is 1.00. The van der Waals surface area contributed by atoms with Gasteiger partial charge in [0, 0.05) is 51.4 Å². The number of nitrogens with zero attached hydrogens (tertiary/aromatic N) is 2. The Hall–Kier alpha value is -0.160. The molecular weight excluding hydrogens is 228 g/mol. The summed E-state index contributed by atoms with van der Waals surface area (Å²) in [5.41, 5.74) is 0.102. The molecule has 4 heteroatoms. The van der Waals surface area contributed by atoms with Gasteiger partial charge in [-0.2, -0.15) is 0 Å². The maximum Gasteiger partial charge on any atom is 0.0501 e. The van der Waals surface area contributed by atoms with Crippen LogP contribution in [0.4, 0.5) is 0 Å². The van der Waals surface area contributed by atoms with Crippen LogP contribution in [0.25, 0.3) is 0 Å². The summed E-state index contributed by atoms with van der Waals surface area (Å²) in [7, 11) is 0. The lowest BCUT2D eigenvalue weighted by Gasteiger charge is -2.42. The van der Waals surface area contributed by atoms with Crippen LogP contribution in [-0.2, 0) is 4.74 Å². The summed E-state index contributed by atoms with van der Waals surface area (Å²) in [6.45, 7) is 11.1. The smallest absolute Gasteiger partial charge is 0.0501 e. The van der Waals surface area contributed by atoms with Crippen molar-refractivity contribution in [1.82, 2.24) is 9.80 Å². The molecular formula is C14H28N2O2. The van der Waals surface area contributed by atoms with Crippen LogP contribution in [0.3, 0.4) is 0 Å². The van der Waals surface area contributed by atoms with Crippen LogP contribution in [0.1, 0.15) is 26.2 Å². The summed E-state index contributed by atoms with van der Waals surface area (Å²) in [6.07, 6.45) is 3.27. The lowest BCUT2D eigenvalue weighted by Crippen LogP contribution is -2.51. The number of rotatable bonds is 5. The molecule has 0 aromatic rings. The van der Waals surface area contributed by atoms with Gasteiger partial charge in [-0.1, -0.05) is 6.92 Å². The molecule has 0 aromatic carbocycles. The SMILES string of the molecule is CCCN1CCN(CC2(CO)CCOCC2)CC1. The first kappa shape index (κ1) is 14.3. The first-order valence-corrected chi connectivity index (χ1v) is 7.41. The van der Waals surface area contributed by atoms with Crippen molar-refractivity contribution in [2.24, 2.45) is 5.41 Å². The molecule has 4 nitrogen and oxygen atoms in total. The van der Waals surface area contributed by atoms with Gasteiger partial charge in [-0.05, 0) is 25.8 Å². The Morgan fingerprint density at radius 3 is 2.22 bits per heavy atom. The van der Waals surface area contributed by atoms with Crippen molar-refractivity contribution < 1.29 is 9.84 Å². The van der Waals surface area contributed by atoms with Gasteiger partial charge in [0.15, 0.2) is 0 Å². The van der Waals surface area contributed by atoms with Gasteiger partial charge in [-0.15, -0.1) is 0 Å². The first-order valence-electron chi connectivity index (χ1n) is 7.41. The fourth-order valence-electron chi connectivity index (χ4n) is 3.13. The second-order valence-corrected chi connectivity index (χ2v) is 5.89. The molecule has 0 bridgehead atoms. The number of aliphatic hydroxyl groups is 1. The molecule has 1 N–H and O–H groups in total. The van der Waals surface area contributed by atoms with Crippen molar-refractivity contribution in [3.05, 3.63) is 0 Å². The molecule has 2 saturated heterocycles. The van der Waals surface area contributed by atoms with E-state index in [0.717, 1.165) is 45.7 Å². The van der Waals surface area contributed by atoms with E-state index in [9.17, 15) is 5.11 Å². The Morgan fingerprint density at radius 2 is 1.67 bits per heavy atom. The molecule has 0 radical (unpaired) electrons. The summed E-state index contributed by atoms with van der Waals surface area (Å²) in [5.74, 6) is 0. The Labute approximate surface area is 111 Å². The van der Waals surface area contributed by atoms with Crippen molar-refractivity contribution in [3.63, 3.8) is 0 Å². The summed E-state index contributed by atoms with van der Waals surface area (Å²) < 4.78 is 5.43. The van der Waals surface area contributed by atoms with Gasteiger partial charge in [0.1, 0.15) is 0 Å². The van der Waals surface area contributed by atoms with Crippen LogP contribution in [-0.4, -0.2) is 74.0 Å². The zero-order valence-electron chi connectivity index (χ0n) is 11.7. The van der Waals surface area contributed by atoms with Crippen LogP contribution >= 0.6 is 0 Å².